The van der Waals surface area contributed by atoms with Crippen molar-refractivity contribution in [2.24, 2.45) is 5.10 Å². The molecule has 0 saturated heterocycles. The fraction of sp³-hybridized carbons (Fsp3) is 0.207. The first kappa shape index (κ1) is 27.2. The maximum Gasteiger partial charge on any atom is 0.281 e. The third-order valence-electron chi connectivity index (χ3n) is 5.57. The Balaban J connectivity index is 1.54. The second-order valence-corrected chi connectivity index (χ2v) is 9.25. The normalized spacial score (nSPS) is 11.9. The highest BCUT2D eigenvalue weighted by molar-refractivity contribution is 6.35. The van der Waals surface area contributed by atoms with Crippen LogP contribution in [0.1, 0.15) is 32.3 Å². The molecule has 0 radical (unpaired) electrons. The number of amides is 1. The van der Waals surface area contributed by atoms with E-state index in [9.17, 15) is 4.79 Å². The van der Waals surface area contributed by atoms with Crippen LogP contribution in [0.5, 0.6) is 11.5 Å². The summed E-state index contributed by atoms with van der Waals surface area (Å²) in [6, 6.07) is 22.4. The number of nitrogens with one attached hydrogen (secondary N) is 1. The molecule has 7 nitrogen and oxygen atoms in total. The van der Waals surface area contributed by atoms with E-state index in [0.29, 0.717) is 34.5 Å². The standard InChI is InChI=1S/C29H28Cl2N4O3/c1-3-16-37-24-13-10-20(11-14-24)28-21(19-35(34-28)23-8-6-5-7-9-23)18-32-33-29(36)26(4-2)38-27-15-12-22(30)17-25(27)31/h5-15,17-19,26H,3-4,16H2,1-2H3,(H,33,36)/b32-18-/t26-/m1/s1. The predicted molar refractivity (Wildman–Crippen MR) is 152 cm³/mol. The third-order valence-corrected chi connectivity index (χ3v) is 6.10. The zero-order valence-electron chi connectivity index (χ0n) is 21.1. The van der Waals surface area contributed by atoms with E-state index in [1.54, 1.807) is 29.1 Å². The monoisotopic (exact) mass is 550 g/mol. The highest BCUT2D eigenvalue weighted by Gasteiger charge is 2.19. The Morgan fingerprint density at radius 3 is 2.53 bits per heavy atom. The lowest BCUT2D eigenvalue weighted by Gasteiger charge is -2.16. The minimum atomic E-state index is -0.784. The van der Waals surface area contributed by atoms with Crippen molar-refractivity contribution in [1.29, 1.82) is 0 Å². The van der Waals surface area contributed by atoms with E-state index in [4.69, 9.17) is 37.8 Å². The summed E-state index contributed by atoms with van der Waals surface area (Å²) in [5.74, 6) is 0.774. The van der Waals surface area contributed by atoms with Crippen molar-refractivity contribution in [3.8, 4) is 28.4 Å². The largest absolute Gasteiger partial charge is 0.494 e. The van der Waals surface area contributed by atoms with Gasteiger partial charge in [-0.05, 0) is 67.4 Å². The van der Waals surface area contributed by atoms with Gasteiger partial charge in [-0.2, -0.15) is 10.2 Å². The maximum absolute atomic E-state index is 12.8. The Morgan fingerprint density at radius 2 is 1.84 bits per heavy atom. The minimum Gasteiger partial charge on any atom is -0.494 e. The molecule has 0 unspecified atom stereocenters. The average Bonchev–Trinajstić information content (AvgIpc) is 3.36. The molecule has 3 aromatic carbocycles. The number of rotatable bonds is 11. The maximum atomic E-state index is 12.8. The van der Waals surface area contributed by atoms with Gasteiger partial charge in [0.05, 0.1) is 23.5 Å². The number of aromatic nitrogens is 2. The second-order valence-electron chi connectivity index (χ2n) is 8.41. The lowest BCUT2D eigenvalue weighted by atomic mass is 10.1. The third kappa shape index (κ3) is 6.94. The molecular formula is C29H28Cl2N4O3. The van der Waals surface area contributed by atoms with Crippen molar-refractivity contribution in [2.45, 2.75) is 32.8 Å². The van der Waals surface area contributed by atoms with Crippen LogP contribution in [0.3, 0.4) is 0 Å². The lowest BCUT2D eigenvalue weighted by molar-refractivity contribution is -0.128. The van der Waals surface area contributed by atoms with E-state index in [1.807, 2.05) is 67.7 Å². The number of carbonyl (C=O) groups is 1. The van der Waals surface area contributed by atoms with Gasteiger partial charge in [-0.3, -0.25) is 4.79 Å². The Bertz CT molecular complexity index is 1390. The molecule has 0 spiro atoms. The second kappa shape index (κ2) is 13.1. The Morgan fingerprint density at radius 1 is 1.08 bits per heavy atom. The highest BCUT2D eigenvalue weighted by atomic mass is 35.5. The van der Waals surface area contributed by atoms with E-state index in [1.165, 1.54) is 0 Å². The van der Waals surface area contributed by atoms with E-state index in [2.05, 4.69) is 17.5 Å². The lowest BCUT2D eigenvalue weighted by Crippen LogP contribution is -2.35. The van der Waals surface area contributed by atoms with Gasteiger partial charge in [0.2, 0.25) is 0 Å². The first-order valence-electron chi connectivity index (χ1n) is 12.3. The number of hydrogen-bond donors (Lipinski definition) is 1. The van der Waals surface area contributed by atoms with Gasteiger partial charge in [-0.1, -0.05) is 55.2 Å². The number of halogens is 2. The summed E-state index contributed by atoms with van der Waals surface area (Å²) in [5.41, 5.74) is 5.81. The van der Waals surface area contributed by atoms with Gasteiger partial charge in [0.25, 0.3) is 5.91 Å². The fourth-order valence-corrected chi connectivity index (χ4v) is 4.08. The average molecular weight is 551 g/mol. The van der Waals surface area contributed by atoms with Gasteiger partial charge < -0.3 is 9.47 Å². The van der Waals surface area contributed by atoms with Crippen molar-refractivity contribution >= 4 is 35.3 Å². The summed E-state index contributed by atoms with van der Waals surface area (Å²) in [7, 11) is 0. The number of hydrazone groups is 1. The Labute approximate surface area is 232 Å². The Hall–Kier alpha value is -3.81. The van der Waals surface area contributed by atoms with Crippen LogP contribution in [0.2, 0.25) is 10.0 Å². The summed E-state index contributed by atoms with van der Waals surface area (Å²) in [4.78, 5) is 12.8. The van der Waals surface area contributed by atoms with E-state index in [-0.39, 0.29) is 0 Å². The topological polar surface area (TPSA) is 77.7 Å². The fourth-order valence-electron chi connectivity index (χ4n) is 3.63. The first-order chi connectivity index (χ1) is 18.5. The number of ether oxygens (including phenoxy) is 2. The van der Waals surface area contributed by atoms with Gasteiger partial charge in [0, 0.05) is 22.3 Å². The number of benzene rings is 3. The smallest absolute Gasteiger partial charge is 0.281 e. The Kier molecular flexibility index (Phi) is 9.40. The van der Waals surface area contributed by atoms with Crippen molar-refractivity contribution in [1.82, 2.24) is 15.2 Å². The molecule has 38 heavy (non-hydrogen) atoms. The zero-order valence-corrected chi connectivity index (χ0v) is 22.6. The summed E-state index contributed by atoms with van der Waals surface area (Å²) in [6.07, 6.45) is 4.01. The molecule has 1 amide bonds. The van der Waals surface area contributed by atoms with Crippen LogP contribution in [0.15, 0.2) is 84.1 Å². The molecule has 0 aliphatic heterocycles. The van der Waals surface area contributed by atoms with Gasteiger partial charge in [-0.15, -0.1) is 0 Å². The molecule has 0 saturated carbocycles. The first-order valence-corrected chi connectivity index (χ1v) is 13.1. The molecule has 1 aromatic heterocycles. The van der Waals surface area contributed by atoms with Crippen LogP contribution in [-0.2, 0) is 4.79 Å². The van der Waals surface area contributed by atoms with Crippen LogP contribution in [0, 0.1) is 0 Å². The predicted octanol–water partition coefficient (Wildman–Crippen LogP) is 6.94. The van der Waals surface area contributed by atoms with Crippen LogP contribution in [-0.4, -0.2) is 34.6 Å². The van der Waals surface area contributed by atoms with Gasteiger partial charge in [0.1, 0.15) is 17.2 Å². The molecule has 4 rings (SSSR count). The number of hydrogen-bond acceptors (Lipinski definition) is 5. The van der Waals surface area contributed by atoms with E-state index < -0.39 is 12.0 Å². The van der Waals surface area contributed by atoms with Crippen LogP contribution >= 0.6 is 23.2 Å². The molecule has 4 aromatic rings. The van der Waals surface area contributed by atoms with Crippen LogP contribution < -0.4 is 14.9 Å². The van der Waals surface area contributed by atoms with Gasteiger partial charge in [0.15, 0.2) is 6.10 Å². The minimum absolute atomic E-state index is 0.330. The van der Waals surface area contributed by atoms with Crippen molar-refractivity contribution in [2.75, 3.05) is 6.61 Å². The molecule has 1 N–H and O–H groups in total. The molecule has 0 fully saturated rings. The van der Waals surface area contributed by atoms with Crippen molar-refractivity contribution in [3.63, 3.8) is 0 Å². The molecule has 0 bridgehead atoms. The number of carbonyl (C=O) groups excluding carboxylic acids is 1. The molecule has 1 heterocycles. The molecule has 196 valence electrons. The molecule has 0 aliphatic carbocycles. The van der Waals surface area contributed by atoms with E-state index in [0.717, 1.165) is 29.0 Å². The van der Waals surface area contributed by atoms with E-state index >= 15 is 0 Å². The quantitative estimate of drug-likeness (QED) is 0.162. The van der Waals surface area contributed by atoms with Crippen molar-refractivity contribution in [3.05, 3.63) is 94.6 Å². The van der Waals surface area contributed by atoms with Gasteiger partial charge in [-0.25, -0.2) is 10.1 Å². The summed E-state index contributed by atoms with van der Waals surface area (Å²) < 4.78 is 13.3. The summed E-state index contributed by atoms with van der Waals surface area (Å²) in [6.45, 7) is 4.57. The highest BCUT2D eigenvalue weighted by Crippen LogP contribution is 2.29. The summed E-state index contributed by atoms with van der Waals surface area (Å²) in [5, 5.41) is 9.80. The van der Waals surface area contributed by atoms with Crippen LogP contribution in [0.25, 0.3) is 16.9 Å². The number of nitrogens with zero attached hydrogens (tertiary/aromatic N) is 3. The SMILES string of the molecule is CCCOc1ccc(-c2nn(-c3ccccc3)cc2/C=N\NC(=O)[C@@H](CC)Oc2ccc(Cl)cc2Cl)cc1. The van der Waals surface area contributed by atoms with Crippen LogP contribution in [0.4, 0.5) is 0 Å². The zero-order chi connectivity index (χ0) is 26.9. The van der Waals surface area contributed by atoms with Gasteiger partial charge >= 0.3 is 0 Å². The molecule has 1 atom stereocenters. The molecule has 9 heteroatoms. The van der Waals surface area contributed by atoms with Crippen molar-refractivity contribution < 1.29 is 14.3 Å². The molecular weight excluding hydrogens is 523 g/mol. The molecule has 0 aliphatic rings. The summed E-state index contributed by atoms with van der Waals surface area (Å²) >= 11 is 12.1. The number of para-hydroxylation sites is 1.